The molecule has 9 nitrogen and oxygen atoms in total. The number of anilines is 1. The summed E-state index contributed by atoms with van der Waals surface area (Å²) in [4.78, 5) is 39.3. The third-order valence-electron chi connectivity index (χ3n) is 8.06. The number of benzene rings is 1. The van der Waals surface area contributed by atoms with Crippen LogP contribution < -0.4 is 10.6 Å². The third kappa shape index (κ3) is 5.31. The fourth-order valence-corrected chi connectivity index (χ4v) is 5.68. The van der Waals surface area contributed by atoms with Crippen LogP contribution in [0.25, 0.3) is 39.0 Å². The van der Waals surface area contributed by atoms with Crippen molar-refractivity contribution in [3.63, 3.8) is 0 Å². The molecule has 4 aromatic rings. The number of furan rings is 1. The van der Waals surface area contributed by atoms with Gasteiger partial charge in [0.15, 0.2) is 11.5 Å². The Morgan fingerprint density at radius 1 is 1.20 bits per heavy atom. The van der Waals surface area contributed by atoms with Gasteiger partial charge in [0, 0.05) is 37.5 Å². The predicted molar refractivity (Wildman–Crippen MR) is 169 cm³/mol. The van der Waals surface area contributed by atoms with Gasteiger partial charge in [-0.3, -0.25) is 4.79 Å². The Kier molecular flexibility index (Phi) is 8.49. The number of amides is 1. The first-order valence-electron chi connectivity index (χ1n) is 14.7. The van der Waals surface area contributed by atoms with Gasteiger partial charge >= 0.3 is 5.69 Å². The molecular weight excluding hydrogens is 566 g/mol. The van der Waals surface area contributed by atoms with E-state index in [1.54, 1.807) is 17.9 Å². The number of hydrogen-bond acceptors (Lipinski definition) is 7. The molecule has 5 rings (SSSR count). The predicted octanol–water partition coefficient (Wildman–Crippen LogP) is 6.41. The minimum absolute atomic E-state index is 0.0117. The number of fused-ring (bicyclic) bond motifs is 2. The van der Waals surface area contributed by atoms with Crippen LogP contribution in [0.3, 0.4) is 0 Å². The van der Waals surface area contributed by atoms with Crippen molar-refractivity contribution >= 4 is 45.1 Å². The number of pyridine rings is 1. The van der Waals surface area contributed by atoms with Gasteiger partial charge in [-0.05, 0) is 56.0 Å². The Balaban J connectivity index is 1.81. The molecule has 0 bridgehead atoms. The third-order valence-corrected chi connectivity index (χ3v) is 8.06. The van der Waals surface area contributed by atoms with Crippen LogP contribution in [-0.4, -0.2) is 56.7 Å². The van der Waals surface area contributed by atoms with Gasteiger partial charge in [0.2, 0.25) is 5.91 Å². The van der Waals surface area contributed by atoms with Crippen molar-refractivity contribution in [3.05, 3.63) is 70.9 Å². The second-order valence-corrected chi connectivity index (χ2v) is 11.4. The van der Waals surface area contributed by atoms with Gasteiger partial charge in [0.05, 0.1) is 28.6 Å². The SMILES string of the molecule is C=C/C(C)=C(\C(=N)C(C)C)n1c(=O)nc(N2CCN(C(=O)CCC)C[C@@H]2C)c2cc(F)c(-c3c(F)ccc4ccoc34)nc21. The molecule has 1 saturated heterocycles. The molecule has 0 unspecified atom stereocenters. The van der Waals surface area contributed by atoms with Gasteiger partial charge in [-0.2, -0.15) is 4.98 Å². The molecule has 1 atom stereocenters. The molecule has 1 amide bonds. The molecule has 1 aliphatic heterocycles. The average Bonchev–Trinajstić information content (AvgIpc) is 3.47. The highest BCUT2D eigenvalue weighted by Gasteiger charge is 2.31. The maximum absolute atomic E-state index is 16.1. The molecule has 44 heavy (non-hydrogen) atoms. The number of rotatable bonds is 8. The zero-order valence-electron chi connectivity index (χ0n) is 25.6. The molecule has 230 valence electrons. The normalized spacial score (nSPS) is 16.1. The number of hydrogen-bond donors (Lipinski definition) is 1. The smallest absolute Gasteiger partial charge is 0.355 e. The minimum Gasteiger partial charge on any atom is -0.464 e. The first-order chi connectivity index (χ1) is 21.0. The van der Waals surface area contributed by atoms with Gasteiger partial charge in [0.25, 0.3) is 0 Å². The van der Waals surface area contributed by atoms with Crippen LogP contribution >= 0.6 is 0 Å². The summed E-state index contributed by atoms with van der Waals surface area (Å²) in [6, 6.07) is 5.34. The van der Waals surface area contributed by atoms with Crippen LogP contribution in [0, 0.1) is 23.0 Å². The van der Waals surface area contributed by atoms with E-state index in [1.165, 1.54) is 35.1 Å². The van der Waals surface area contributed by atoms with Crippen LogP contribution in [0.5, 0.6) is 0 Å². The van der Waals surface area contributed by atoms with E-state index in [9.17, 15) is 9.59 Å². The first kappa shape index (κ1) is 30.8. The lowest BCUT2D eigenvalue weighted by Crippen LogP contribution is -2.54. The number of aromatic nitrogens is 3. The summed E-state index contributed by atoms with van der Waals surface area (Å²) >= 11 is 0. The Hall–Kier alpha value is -4.67. The standard InChI is InChI=1S/C33H36F2N6O3/c1-7-9-25(42)39-13-14-40(20(6)17-39)31-22-16-24(35)28(26-23(34)11-10-21-12-15-44-30(21)26)37-32(22)41(33(43)38-31)29(19(5)8-2)27(36)18(3)4/h8,10-12,15-16,18,20,36H,2,7,9,13-14,17H2,1,3-6H3/b29-19+,36-27?/t20-/m0/s1. The monoisotopic (exact) mass is 602 g/mol. The lowest BCUT2D eigenvalue weighted by atomic mass is 10.0. The second-order valence-electron chi connectivity index (χ2n) is 11.4. The molecule has 1 N–H and O–H groups in total. The highest BCUT2D eigenvalue weighted by atomic mass is 19.1. The number of carbonyl (C=O) groups is 1. The lowest BCUT2D eigenvalue weighted by Gasteiger charge is -2.41. The number of nitrogens with one attached hydrogen (secondary N) is 1. The van der Waals surface area contributed by atoms with Crippen molar-refractivity contribution in [2.24, 2.45) is 5.92 Å². The van der Waals surface area contributed by atoms with E-state index in [0.717, 1.165) is 6.42 Å². The summed E-state index contributed by atoms with van der Waals surface area (Å²) in [7, 11) is 0. The van der Waals surface area contributed by atoms with E-state index in [4.69, 9.17) is 9.83 Å². The van der Waals surface area contributed by atoms with Crippen LogP contribution in [-0.2, 0) is 4.79 Å². The van der Waals surface area contributed by atoms with Gasteiger partial charge in [-0.1, -0.05) is 33.4 Å². The Morgan fingerprint density at radius 2 is 1.95 bits per heavy atom. The fourth-order valence-electron chi connectivity index (χ4n) is 5.68. The topological polar surface area (TPSA) is 108 Å². The average molecular weight is 603 g/mol. The number of halogens is 2. The molecule has 11 heteroatoms. The van der Waals surface area contributed by atoms with E-state index < -0.39 is 17.3 Å². The van der Waals surface area contributed by atoms with Gasteiger partial charge in [-0.25, -0.2) is 23.1 Å². The molecule has 3 aromatic heterocycles. The lowest BCUT2D eigenvalue weighted by molar-refractivity contribution is -0.132. The molecule has 4 heterocycles. The van der Waals surface area contributed by atoms with Crippen LogP contribution in [0.1, 0.15) is 47.5 Å². The van der Waals surface area contributed by atoms with E-state index in [2.05, 4.69) is 16.5 Å². The maximum atomic E-state index is 16.1. The maximum Gasteiger partial charge on any atom is 0.355 e. The molecule has 0 aliphatic carbocycles. The van der Waals surface area contributed by atoms with Crippen LogP contribution in [0.2, 0.25) is 0 Å². The van der Waals surface area contributed by atoms with Gasteiger partial charge in [-0.15, -0.1) is 0 Å². The summed E-state index contributed by atoms with van der Waals surface area (Å²) in [5, 5.41) is 9.66. The zero-order valence-corrected chi connectivity index (χ0v) is 25.6. The summed E-state index contributed by atoms with van der Waals surface area (Å²) in [5.74, 6) is -1.60. The van der Waals surface area contributed by atoms with Crippen molar-refractivity contribution in [3.8, 4) is 11.3 Å². The van der Waals surface area contributed by atoms with E-state index in [1.807, 2.05) is 32.6 Å². The van der Waals surface area contributed by atoms with Gasteiger partial charge in [0.1, 0.15) is 22.9 Å². The number of allylic oxidation sites excluding steroid dienone is 3. The first-order valence-corrected chi connectivity index (χ1v) is 14.7. The van der Waals surface area contributed by atoms with Crippen LogP contribution in [0.4, 0.5) is 14.6 Å². The molecule has 0 radical (unpaired) electrons. The highest BCUT2D eigenvalue weighted by molar-refractivity contribution is 6.20. The van der Waals surface area contributed by atoms with Crippen LogP contribution in [0.15, 0.2) is 58.0 Å². The van der Waals surface area contributed by atoms with Crippen molar-refractivity contribution in [1.82, 2.24) is 19.4 Å². The number of carbonyl (C=O) groups excluding carboxylic acids is 1. The highest BCUT2D eigenvalue weighted by Crippen LogP contribution is 2.36. The second kappa shape index (κ2) is 12.1. The van der Waals surface area contributed by atoms with Crippen molar-refractivity contribution in [2.75, 3.05) is 24.5 Å². The van der Waals surface area contributed by atoms with Crippen molar-refractivity contribution in [2.45, 2.75) is 53.5 Å². The largest absolute Gasteiger partial charge is 0.464 e. The number of piperazine rings is 1. The molecule has 1 aliphatic rings. The molecular formula is C33H36F2N6O3. The molecule has 0 spiro atoms. The number of nitrogens with zero attached hydrogens (tertiary/aromatic N) is 5. The minimum atomic E-state index is -0.831. The van der Waals surface area contributed by atoms with Gasteiger partial charge < -0.3 is 19.6 Å². The summed E-state index contributed by atoms with van der Waals surface area (Å²) in [6.45, 7) is 14.2. The quantitative estimate of drug-likeness (QED) is 0.184. The molecule has 0 saturated carbocycles. The molecule has 1 aromatic carbocycles. The summed E-state index contributed by atoms with van der Waals surface area (Å²) < 4.78 is 38.2. The summed E-state index contributed by atoms with van der Waals surface area (Å²) in [5.41, 5.74) is -0.248. The zero-order chi connectivity index (χ0) is 31.9. The molecule has 1 fully saturated rings. The van der Waals surface area contributed by atoms with Crippen molar-refractivity contribution < 1.29 is 18.0 Å². The van der Waals surface area contributed by atoms with Crippen molar-refractivity contribution in [1.29, 1.82) is 5.41 Å². The van der Waals surface area contributed by atoms with E-state index in [0.29, 0.717) is 37.0 Å². The summed E-state index contributed by atoms with van der Waals surface area (Å²) in [6.07, 6.45) is 4.10. The fraction of sp³-hybridized carbons (Fsp3) is 0.364. The van der Waals surface area contributed by atoms with E-state index in [-0.39, 0.29) is 63.0 Å². The Morgan fingerprint density at radius 3 is 2.61 bits per heavy atom. The van der Waals surface area contributed by atoms with E-state index >= 15 is 8.78 Å². The Labute approximate surface area is 254 Å². The Bertz CT molecular complexity index is 1890.